The van der Waals surface area contributed by atoms with Crippen LogP contribution in [-0.4, -0.2) is 96.8 Å². The van der Waals surface area contributed by atoms with Gasteiger partial charge in [-0.05, 0) is 42.5 Å². The zero-order chi connectivity index (χ0) is 34.1. The van der Waals surface area contributed by atoms with Gasteiger partial charge in [-0.1, -0.05) is 74.0 Å². The molecule has 4 unspecified atom stereocenters. The molecule has 12 nitrogen and oxygen atoms in total. The fourth-order valence-electron chi connectivity index (χ4n) is 4.94. The molecular weight excluding hydrogens is 622 g/mol. The summed E-state index contributed by atoms with van der Waals surface area (Å²) in [7, 11) is -3.76. The molecule has 254 valence electrons. The van der Waals surface area contributed by atoms with Gasteiger partial charge < -0.3 is 31.5 Å². The Morgan fingerprint density at radius 1 is 0.872 bits per heavy atom. The molecule has 0 radical (unpaired) electrons. The third kappa shape index (κ3) is 12.9. The maximum Gasteiger partial charge on any atom is 0.253 e. The van der Waals surface area contributed by atoms with E-state index in [-0.39, 0.29) is 37.4 Å². The summed E-state index contributed by atoms with van der Waals surface area (Å²) in [6.07, 6.45) is 2.89. The first-order chi connectivity index (χ1) is 22.6. The smallest absolute Gasteiger partial charge is 0.253 e. The summed E-state index contributed by atoms with van der Waals surface area (Å²) < 4.78 is 25.9. The van der Waals surface area contributed by atoms with Crippen molar-refractivity contribution in [1.82, 2.24) is 26.3 Å². The van der Waals surface area contributed by atoms with Crippen molar-refractivity contribution in [3.05, 3.63) is 102 Å². The fourth-order valence-corrected chi connectivity index (χ4v) is 6.57. The Labute approximate surface area is 276 Å². The predicted molar refractivity (Wildman–Crippen MR) is 179 cm³/mol. The molecule has 13 heteroatoms. The molecule has 0 aliphatic heterocycles. The second-order valence-electron chi connectivity index (χ2n) is 11.2. The molecular formula is C34H45N5O7S. The molecule has 2 aromatic carbocycles. The number of carbonyl (C=O) groups excluding carboxylic acids is 3. The second kappa shape index (κ2) is 19.5. The van der Waals surface area contributed by atoms with E-state index in [4.69, 9.17) is 0 Å². The molecule has 0 spiro atoms. The number of sulfone groups is 1. The van der Waals surface area contributed by atoms with Crippen molar-refractivity contribution in [2.45, 2.75) is 56.8 Å². The van der Waals surface area contributed by atoms with Crippen LogP contribution in [0.2, 0.25) is 0 Å². The molecule has 0 aliphatic rings. The van der Waals surface area contributed by atoms with Gasteiger partial charge in [-0.3, -0.25) is 19.4 Å². The molecule has 4 atom stereocenters. The van der Waals surface area contributed by atoms with Gasteiger partial charge in [0.1, 0.15) is 12.1 Å². The average Bonchev–Trinajstić information content (AvgIpc) is 3.08. The standard InChI is InChI=1S/C34H45N5O7S/c1-2-3-21-47(45,46)24-29(39-32(42)27-15-10-17-35-23-27)33(43)38-28(22-26-13-8-5-9-14-26)31(41)30(36-19-20-40)34(44)37-18-16-25-11-6-4-7-12-25/h4-15,17,23,28-31,36,40-41H,2-3,16,18-22,24H2,1H3,(H,37,44)(H,38,43)(H,39,42). The van der Waals surface area contributed by atoms with Gasteiger partial charge in [-0.25, -0.2) is 8.42 Å². The summed E-state index contributed by atoms with van der Waals surface area (Å²) >= 11 is 0. The van der Waals surface area contributed by atoms with Crippen molar-refractivity contribution in [2.24, 2.45) is 0 Å². The highest BCUT2D eigenvalue weighted by molar-refractivity contribution is 7.91. The highest BCUT2D eigenvalue weighted by atomic mass is 32.2. The number of nitrogens with zero attached hydrogens (tertiary/aromatic N) is 1. The van der Waals surface area contributed by atoms with Gasteiger partial charge in [-0.2, -0.15) is 0 Å². The molecule has 47 heavy (non-hydrogen) atoms. The Kier molecular flexibility index (Phi) is 15.5. The number of pyridine rings is 1. The van der Waals surface area contributed by atoms with Crippen LogP contribution < -0.4 is 21.3 Å². The maximum absolute atomic E-state index is 13.8. The second-order valence-corrected chi connectivity index (χ2v) is 13.4. The van der Waals surface area contributed by atoms with Crippen LogP contribution >= 0.6 is 0 Å². The summed E-state index contributed by atoms with van der Waals surface area (Å²) in [6.45, 7) is 1.80. The summed E-state index contributed by atoms with van der Waals surface area (Å²) in [6, 6.07) is 17.7. The van der Waals surface area contributed by atoms with Gasteiger partial charge in [0.25, 0.3) is 5.91 Å². The minimum Gasteiger partial charge on any atom is -0.395 e. The quantitative estimate of drug-likeness (QED) is 0.101. The lowest BCUT2D eigenvalue weighted by Crippen LogP contribution is -2.62. The monoisotopic (exact) mass is 667 g/mol. The number of benzene rings is 2. The van der Waals surface area contributed by atoms with E-state index >= 15 is 0 Å². The largest absolute Gasteiger partial charge is 0.395 e. The molecule has 0 aliphatic carbocycles. The summed E-state index contributed by atoms with van der Waals surface area (Å²) in [4.78, 5) is 44.1. The molecule has 0 bridgehead atoms. The maximum atomic E-state index is 13.8. The molecule has 6 N–H and O–H groups in total. The van der Waals surface area contributed by atoms with E-state index in [2.05, 4.69) is 26.3 Å². The van der Waals surface area contributed by atoms with Crippen molar-refractivity contribution >= 4 is 27.6 Å². The van der Waals surface area contributed by atoms with Gasteiger partial charge in [0.15, 0.2) is 9.84 Å². The van der Waals surface area contributed by atoms with Crippen LogP contribution in [-0.2, 0) is 32.3 Å². The van der Waals surface area contributed by atoms with Gasteiger partial charge >= 0.3 is 0 Å². The number of hydrogen-bond donors (Lipinski definition) is 6. The van der Waals surface area contributed by atoms with Crippen LogP contribution in [0.25, 0.3) is 0 Å². The highest BCUT2D eigenvalue weighted by Gasteiger charge is 2.36. The summed E-state index contributed by atoms with van der Waals surface area (Å²) in [5, 5.41) is 32.1. The third-order valence-corrected chi connectivity index (χ3v) is 9.22. The zero-order valence-electron chi connectivity index (χ0n) is 26.5. The molecule has 3 aromatic rings. The van der Waals surface area contributed by atoms with E-state index in [9.17, 15) is 33.0 Å². The van der Waals surface area contributed by atoms with Crippen LogP contribution in [0.5, 0.6) is 0 Å². The van der Waals surface area contributed by atoms with Gasteiger partial charge in [0.2, 0.25) is 11.8 Å². The van der Waals surface area contributed by atoms with E-state index in [1.54, 1.807) is 30.3 Å². The molecule has 1 heterocycles. The SMILES string of the molecule is CCCCS(=O)(=O)CC(NC(=O)c1cccnc1)C(=O)NC(Cc1ccccc1)C(O)C(NCCO)C(=O)NCCc1ccccc1. The minimum absolute atomic E-state index is 0.0146. The van der Waals surface area contributed by atoms with E-state index in [0.717, 1.165) is 11.1 Å². The lowest BCUT2D eigenvalue weighted by atomic mass is 9.95. The highest BCUT2D eigenvalue weighted by Crippen LogP contribution is 2.12. The number of unbranched alkanes of at least 4 members (excludes halogenated alkanes) is 1. The van der Waals surface area contributed by atoms with E-state index in [1.165, 1.54) is 18.5 Å². The van der Waals surface area contributed by atoms with Crippen LogP contribution in [0.4, 0.5) is 0 Å². The zero-order valence-corrected chi connectivity index (χ0v) is 27.4. The first kappa shape index (κ1) is 37.3. The van der Waals surface area contributed by atoms with E-state index in [1.807, 2.05) is 43.3 Å². The Morgan fingerprint density at radius 3 is 2.17 bits per heavy atom. The van der Waals surface area contributed by atoms with Gasteiger partial charge in [0.05, 0.1) is 35.8 Å². The number of carbonyl (C=O) groups is 3. The topological polar surface area (TPSA) is 187 Å². The van der Waals surface area contributed by atoms with Gasteiger partial charge in [-0.15, -0.1) is 0 Å². The van der Waals surface area contributed by atoms with Crippen molar-refractivity contribution in [1.29, 1.82) is 0 Å². The Bertz CT molecular complexity index is 1500. The predicted octanol–water partition coefficient (Wildman–Crippen LogP) is 0.793. The summed E-state index contributed by atoms with van der Waals surface area (Å²) in [5.74, 6) is -2.90. The van der Waals surface area contributed by atoms with Crippen LogP contribution in [0.3, 0.4) is 0 Å². The van der Waals surface area contributed by atoms with Crippen molar-refractivity contribution < 1.29 is 33.0 Å². The van der Waals surface area contributed by atoms with Gasteiger partial charge in [0, 0.05) is 25.5 Å². The average molecular weight is 668 g/mol. The number of rotatable bonds is 20. The molecule has 0 saturated carbocycles. The summed E-state index contributed by atoms with van der Waals surface area (Å²) in [5.41, 5.74) is 1.88. The fraction of sp³-hybridized carbons (Fsp3) is 0.412. The van der Waals surface area contributed by atoms with Crippen molar-refractivity contribution in [2.75, 3.05) is 31.2 Å². The number of nitrogens with one attached hydrogen (secondary N) is 4. The number of hydrogen-bond acceptors (Lipinski definition) is 9. The normalized spacial score (nSPS) is 13.9. The molecule has 3 amide bonds. The Morgan fingerprint density at radius 2 is 1.55 bits per heavy atom. The number of aliphatic hydroxyl groups excluding tert-OH is 2. The molecule has 0 saturated heterocycles. The minimum atomic E-state index is -3.76. The first-order valence-corrected chi connectivity index (χ1v) is 17.5. The van der Waals surface area contributed by atoms with Crippen molar-refractivity contribution in [3.63, 3.8) is 0 Å². The molecule has 0 fully saturated rings. The third-order valence-electron chi connectivity index (χ3n) is 7.47. The number of aromatic nitrogens is 1. The lowest BCUT2D eigenvalue weighted by Gasteiger charge is -2.32. The van der Waals surface area contributed by atoms with E-state index < -0.39 is 57.5 Å². The molecule has 1 aromatic heterocycles. The van der Waals surface area contributed by atoms with E-state index in [0.29, 0.717) is 19.3 Å². The van der Waals surface area contributed by atoms with Crippen LogP contribution in [0, 0.1) is 0 Å². The Hall–Kier alpha value is -4.17. The lowest BCUT2D eigenvalue weighted by molar-refractivity contribution is -0.129. The first-order valence-electron chi connectivity index (χ1n) is 15.7. The van der Waals surface area contributed by atoms with Crippen LogP contribution in [0.15, 0.2) is 85.2 Å². The number of amides is 3. The van der Waals surface area contributed by atoms with Crippen molar-refractivity contribution in [3.8, 4) is 0 Å². The number of aliphatic hydroxyl groups is 2. The Balaban J connectivity index is 1.86. The van der Waals surface area contributed by atoms with Crippen LogP contribution in [0.1, 0.15) is 41.3 Å². The molecule has 3 rings (SSSR count).